The molecule has 2 fully saturated rings. The number of nitrogens with zero attached hydrogens (tertiary/aromatic N) is 1. The highest BCUT2D eigenvalue weighted by atomic mass is 16.2. The van der Waals surface area contributed by atoms with Gasteiger partial charge in [0.05, 0.1) is 0 Å². The van der Waals surface area contributed by atoms with Gasteiger partial charge in [0.15, 0.2) is 0 Å². The number of hydrogen-bond acceptors (Lipinski definition) is 3. The fourth-order valence-electron chi connectivity index (χ4n) is 2.79. The zero-order valence-electron chi connectivity index (χ0n) is 10.8. The van der Waals surface area contributed by atoms with Crippen molar-refractivity contribution in [2.24, 2.45) is 5.92 Å². The average Bonchev–Trinajstić information content (AvgIpc) is 2.83. The van der Waals surface area contributed by atoms with Crippen molar-refractivity contribution in [1.29, 1.82) is 0 Å². The van der Waals surface area contributed by atoms with Gasteiger partial charge in [0.1, 0.15) is 12.6 Å². The minimum absolute atomic E-state index is 0.0103. The minimum Gasteiger partial charge on any atom is -0.322 e. The van der Waals surface area contributed by atoms with Crippen LogP contribution in [0, 0.1) is 5.92 Å². The molecule has 1 saturated carbocycles. The number of carbonyl (C=O) groups is 3. The van der Waals surface area contributed by atoms with Crippen LogP contribution < -0.4 is 5.32 Å². The normalized spacial score (nSPS) is 25.4. The highest BCUT2D eigenvalue weighted by Crippen LogP contribution is 2.28. The van der Waals surface area contributed by atoms with Crippen LogP contribution in [0.15, 0.2) is 0 Å². The Morgan fingerprint density at radius 3 is 2.67 bits per heavy atom. The van der Waals surface area contributed by atoms with Crippen LogP contribution >= 0.6 is 0 Å². The molecule has 0 aromatic rings. The Morgan fingerprint density at radius 2 is 2.00 bits per heavy atom. The lowest BCUT2D eigenvalue weighted by Gasteiger charge is -2.31. The fraction of sp³-hybridized carbons (Fsp3) is 0.769. The maximum Gasteiger partial charge on any atom is 0.249 e. The highest BCUT2D eigenvalue weighted by molar-refractivity contribution is 6.04. The van der Waals surface area contributed by atoms with Crippen LogP contribution in [0.5, 0.6) is 0 Å². The first-order valence-corrected chi connectivity index (χ1v) is 6.71. The second kappa shape index (κ2) is 5.50. The van der Waals surface area contributed by atoms with Crippen molar-refractivity contribution in [2.45, 2.75) is 51.5 Å². The summed E-state index contributed by atoms with van der Waals surface area (Å²) in [7, 11) is 0. The lowest BCUT2D eigenvalue weighted by atomic mass is 10.0. The lowest BCUT2D eigenvalue weighted by molar-refractivity contribution is -0.149. The highest BCUT2D eigenvalue weighted by Gasteiger charge is 2.33. The Hall–Kier alpha value is -1.39. The summed E-state index contributed by atoms with van der Waals surface area (Å²) in [6.07, 6.45) is 6.29. The van der Waals surface area contributed by atoms with Crippen LogP contribution in [0.2, 0.25) is 0 Å². The molecule has 3 amide bonds. The zero-order chi connectivity index (χ0) is 13.1. The average molecular weight is 252 g/mol. The van der Waals surface area contributed by atoms with Gasteiger partial charge in [-0.2, -0.15) is 0 Å². The molecule has 0 aromatic heterocycles. The van der Waals surface area contributed by atoms with Crippen LogP contribution in [0.1, 0.15) is 45.4 Å². The van der Waals surface area contributed by atoms with Crippen molar-refractivity contribution in [3.05, 3.63) is 0 Å². The number of piperazine rings is 1. The van der Waals surface area contributed by atoms with E-state index in [4.69, 9.17) is 0 Å². The molecular formula is C13H20N2O3. The molecule has 2 rings (SSSR count). The summed E-state index contributed by atoms with van der Waals surface area (Å²) in [6, 6.07) is -0.529. The SMILES string of the molecule is CC1C(=O)NC(=O)CN1C(=O)CCC1CCCC1. The zero-order valence-corrected chi connectivity index (χ0v) is 10.8. The number of hydrogen-bond donors (Lipinski definition) is 1. The number of rotatable bonds is 3. The Morgan fingerprint density at radius 1 is 1.33 bits per heavy atom. The van der Waals surface area contributed by atoms with E-state index in [-0.39, 0.29) is 24.3 Å². The molecule has 0 aromatic carbocycles. The van der Waals surface area contributed by atoms with E-state index in [1.54, 1.807) is 6.92 Å². The Balaban J connectivity index is 1.86. The molecule has 1 aliphatic heterocycles. The van der Waals surface area contributed by atoms with Crippen LogP contribution in [0.25, 0.3) is 0 Å². The molecule has 5 nitrogen and oxygen atoms in total. The van der Waals surface area contributed by atoms with Gasteiger partial charge in [-0.15, -0.1) is 0 Å². The van der Waals surface area contributed by atoms with Crippen LogP contribution in [0.4, 0.5) is 0 Å². The van der Waals surface area contributed by atoms with Crippen molar-refractivity contribution < 1.29 is 14.4 Å². The Labute approximate surface area is 107 Å². The van der Waals surface area contributed by atoms with E-state index >= 15 is 0 Å². The van der Waals surface area contributed by atoms with Gasteiger partial charge in [0.2, 0.25) is 17.7 Å². The Kier molecular flexibility index (Phi) is 3.99. The molecule has 0 radical (unpaired) electrons. The van der Waals surface area contributed by atoms with Crippen molar-refractivity contribution in [3.63, 3.8) is 0 Å². The largest absolute Gasteiger partial charge is 0.322 e. The van der Waals surface area contributed by atoms with Gasteiger partial charge in [-0.05, 0) is 19.3 Å². The quantitative estimate of drug-likeness (QED) is 0.757. The summed E-state index contributed by atoms with van der Waals surface area (Å²) in [5.74, 6) is -0.177. The molecule has 1 heterocycles. The van der Waals surface area contributed by atoms with Gasteiger partial charge in [-0.3, -0.25) is 19.7 Å². The fourth-order valence-corrected chi connectivity index (χ4v) is 2.79. The molecule has 1 atom stereocenters. The second-order valence-corrected chi connectivity index (χ2v) is 5.30. The van der Waals surface area contributed by atoms with Crippen molar-refractivity contribution in [1.82, 2.24) is 10.2 Å². The third-order valence-electron chi connectivity index (χ3n) is 3.99. The van der Waals surface area contributed by atoms with Crippen molar-refractivity contribution in [3.8, 4) is 0 Å². The predicted molar refractivity (Wildman–Crippen MR) is 65.5 cm³/mol. The van der Waals surface area contributed by atoms with E-state index in [9.17, 15) is 14.4 Å². The summed E-state index contributed by atoms with van der Waals surface area (Å²) >= 11 is 0. The standard InChI is InChI=1S/C13H20N2O3/c1-9-13(18)14-11(16)8-15(9)12(17)7-6-10-4-2-3-5-10/h9-10H,2-8H2,1H3,(H,14,16,18). The number of imide groups is 1. The van der Waals surface area contributed by atoms with Gasteiger partial charge >= 0.3 is 0 Å². The summed E-state index contributed by atoms with van der Waals surface area (Å²) in [4.78, 5) is 36.2. The van der Waals surface area contributed by atoms with E-state index in [1.807, 2.05) is 0 Å². The van der Waals surface area contributed by atoms with Gasteiger partial charge in [-0.25, -0.2) is 0 Å². The lowest BCUT2D eigenvalue weighted by Crippen LogP contribution is -2.58. The molecule has 5 heteroatoms. The molecular weight excluding hydrogens is 232 g/mol. The number of nitrogens with one attached hydrogen (secondary N) is 1. The first-order valence-electron chi connectivity index (χ1n) is 6.71. The smallest absolute Gasteiger partial charge is 0.249 e. The molecule has 1 aliphatic carbocycles. The summed E-state index contributed by atoms with van der Waals surface area (Å²) < 4.78 is 0. The van der Waals surface area contributed by atoms with Gasteiger partial charge in [-0.1, -0.05) is 25.7 Å². The molecule has 2 aliphatic rings. The summed E-state index contributed by atoms with van der Waals surface area (Å²) in [5, 5.41) is 2.24. The van der Waals surface area contributed by atoms with Gasteiger partial charge in [0.25, 0.3) is 0 Å². The Bertz CT molecular complexity index is 361. The molecule has 0 spiro atoms. The van der Waals surface area contributed by atoms with E-state index in [0.717, 1.165) is 6.42 Å². The minimum atomic E-state index is -0.529. The molecule has 1 N–H and O–H groups in total. The van der Waals surface area contributed by atoms with Crippen LogP contribution in [-0.4, -0.2) is 35.2 Å². The third-order valence-corrected chi connectivity index (χ3v) is 3.99. The maximum atomic E-state index is 12.1. The monoisotopic (exact) mass is 252 g/mol. The first kappa shape index (κ1) is 13.1. The number of amides is 3. The number of carbonyl (C=O) groups excluding carboxylic acids is 3. The topological polar surface area (TPSA) is 66.5 Å². The molecule has 1 saturated heterocycles. The molecule has 18 heavy (non-hydrogen) atoms. The summed E-state index contributed by atoms with van der Waals surface area (Å²) in [5.41, 5.74) is 0. The molecule has 0 bridgehead atoms. The van der Waals surface area contributed by atoms with E-state index in [1.165, 1.54) is 30.6 Å². The van der Waals surface area contributed by atoms with Crippen molar-refractivity contribution in [2.75, 3.05) is 6.54 Å². The van der Waals surface area contributed by atoms with E-state index in [0.29, 0.717) is 12.3 Å². The molecule has 100 valence electrons. The molecule has 1 unspecified atom stereocenters. The van der Waals surface area contributed by atoms with Crippen LogP contribution in [-0.2, 0) is 14.4 Å². The van der Waals surface area contributed by atoms with Gasteiger partial charge in [0, 0.05) is 6.42 Å². The first-order chi connectivity index (χ1) is 8.58. The third kappa shape index (κ3) is 2.89. The van der Waals surface area contributed by atoms with Crippen LogP contribution in [0.3, 0.4) is 0 Å². The van der Waals surface area contributed by atoms with E-state index in [2.05, 4.69) is 5.32 Å². The predicted octanol–water partition coefficient (Wildman–Crippen LogP) is 0.830. The second-order valence-electron chi connectivity index (χ2n) is 5.30. The van der Waals surface area contributed by atoms with Gasteiger partial charge < -0.3 is 4.90 Å². The maximum absolute atomic E-state index is 12.1. The van der Waals surface area contributed by atoms with Crippen molar-refractivity contribution >= 4 is 17.7 Å². The summed E-state index contributed by atoms with van der Waals surface area (Å²) in [6.45, 7) is 1.67. The van der Waals surface area contributed by atoms with E-state index < -0.39 is 6.04 Å².